The van der Waals surface area contributed by atoms with Crippen molar-refractivity contribution in [2.75, 3.05) is 39.3 Å². The lowest BCUT2D eigenvalue weighted by Crippen LogP contribution is -2.19. The fourth-order valence-electron chi connectivity index (χ4n) is 2.83. The third-order valence-corrected chi connectivity index (χ3v) is 4.33. The molecule has 7 heteroatoms. The molecule has 1 fully saturated rings. The van der Waals surface area contributed by atoms with Crippen molar-refractivity contribution in [2.24, 2.45) is 11.8 Å². The van der Waals surface area contributed by atoms with Gasteiger partial charge in [-0.1, -0.05) is 25.7 Å². The largest absolute Gasteiger partial charge is 0.400 e. The molecular weight excluding hydrogens is 334 g/mol. The lowest BCUT2D eigenvalue weighted by Gasteiger charge is -2.05. The average Bonchev–Trinajstić information content (AvgIpc) is 3.12. The first-order valence-corrected chi connectivity index (χ1v) is 8.91. The molecule has 0 radical (unpaired) electrons. The van der Waals surface area contributed by atoms with Gasteiger partial charge in [-0.05, 0) is 31.6 Å². The normalized spacial score (nSPS) is 18.0. The summed E-state index contributed by atoms with van der Waals surface area (Å²) in [4.78, 5) is 18.1. The summed E-state index contributed by atoms with van der Waals surface area (Å²) < 4.78 is 4.85. The Morgan fingerprint density at radius 2 is 2.04 bits per heavy atom. The highest BCUT2D eigenvalue weighted by atomic mass is 16.5. The van der Waals surface area contributed by atoms with Crippen molar-refractivity contribution in [1.82, 2.24) is 9.97 Å². The minimum Gasteiger partial charge on any atom is -0.400 e. The minimum absolute atomic E-state index is 0.271. The molecule has 1 saturated carbocycles. The number of aliphatic hydroxyl groups is 2. The number of H-pyrrole nitrogens is 1. The number of hydrogen-bond donors (Lipinski definition) is 4. The van der Waals surface area contributed by atoms with E-state index in [0.717, 1.165) is 13.0 Å². The van der Waals surface area contributed by atoms with Crippen LogP contribution in [0, 0.1) is 31.1 Å². The van der Waals surface area contributed by atoms with Crippen LogP contribution in [0.1, 0.15) is 43.9 Å². The molecule has 0 bridgehead atoms. The number of nitrogens with zero attached hydrogens (tertiary/aromatic N) is 1. The van der Waals surface area contributed by atoms with E-state index in [2.05, 4.69) is 28.1 Å². The van der Waals surface area contributed by atoms with Crippen LogP contribution < -0.4 is 10.9 Å². The summed E-state index contributed by atoms with van der Waals surface area (Å²) >= 11 is 0. The third kappa shape index (κ3) is 8.48. The molecule has 0 saturated heterocycles. The Balaban J connectivity index is 0.000000484. The average molecular weight is 367 g/mol. The zero-order valence-corrected chi connectivity index (χ0v) is 16.3. The summed E-state index contributed by atoms with van der Waals surface area (Å²) in [6.45, 7) is 5.47. The number of nitrogens with one attached hydrogen (secondary N) is 2. The Kier molecular flexibility index (Phi) is 13.3. The predicted octanol–water partition coefficient (Wildman–Crippen LogP) is 1.53. The number of methoxy groups -OCH3 is 1. The Morgan fingerprint density at radius 3 is 2.46 bits per heavy atom. The first-order chi connectivity index (χ1) is 12.5. The summed E-state index contributed by atoms with van der Waals surface area (Å²) in [5, 5.41) is 18.7. The summed E-state index contributed by atoms with van der Waals surface area (Å²) in [5.74, 6) is 4.26. The molecule has 1 aromatic rings. The SMILES string of the molecule is C#Cc1c(C)nc(NCCOC)[nH]c1=O.CCC1CCC(CO)C1.CO. The van der Waals surface area contributed by atoms with Gasteiger partial charge in [0.1, 0.15) is 5.56 Å². The topological polar surface area (TPSA) is 107 Å². The van der Waals surface area contributed by atoms with Gasteiger partial charge in [-0.25, -0.2) is 4.98 Å². The van der Waals surface area contributed by atoms with Gasteiger partial charge in [-0.15, -0.1) is 6.42 Å². The quantitative estimate of drug-likeness (QED) is 0.449. The van der Waals surface area contributed by atoms with Gasteiger partial charge in [0, 0.05) is 27.4 Å². The van der Waals surface area contributed by atoms with Crippen LogP contribution in [0.3, 0.4) is 0 Å². The summed E-state index contributed by atoms with van der Waals surface area (Å²) in [6.07, 6.45) is 10.4. The molecule has 2 unspecified atom stereocenters. The van der Waals surface area contributed by atoms with Crippen LogP contribution in [0.15, 0.2) is 4.79 Å². The Bertz CT molecular complexity index is 585. The number of terminal acetylenes is 1. The van der Waals surface area contributed by atoms with Crippen LogP contribution in [0.4, 0.5) is 5.95 Å². The Hall–Kier alpha value is -1.88. The maximum Gasteiger partial charge on any atom is 0.268 e. The number of ether oxygens (including phenoxy) is 1. The second kappa shape index (κ2) is 14.3. The fourth-order valence-corrected chi connectivity index (χ4v) is 2.83. The van der Waals surface area contributed by atoms with E-state index in [4.69, 9.17) is 21.4 Å². The van der Waals surface area contributed by atoms with Gasteiger partial charge < -0.3 is 20.3 Å². The molecule has 0 aliphatic heterocycles. The summed E-state index contributed by atoms with van der Waals surface area (Å²) in [5.41, 5.74) is 0.512. The van der Waals surface area contributed by atoms with Gasteiger partial charge in [-0.3, -0.25) is 9.78 Å². The minimum atomic E-state index is -0.301. The number of aliphatic hydroxyl groups excluding tert-OH is 2. The maximum atomic E-state index is 11.4. The second-order valence-electron chi connectivity index (χ2n) is 6.07. The molecule has 0 aromatic carbocycles. The lowest BCUT2D eigenvalue weighted by molar-refractivity contribution is 0.210. The van der Waals surface area contributed by atoms with Crippen molar-refractivity contribution in [3.63, 3.8) is 0 Å². The molecular formula is C19H33N3O4. The summed E-state index contributed by atoms with van der Waals surface area (Å²) in [6, 6.07) is 0. The zero-order valence-electron chi connectivity index (χ0n) is 16.3. The van der Waals surface area contributed by atoms with E-state index in [-0.39, 0.29) is 11.1 Å². The fraction of sp³-hybridized carbons (Fsp3) is 0.684. The van der Waals surface area contributed by atoms with Crippen LogP contribution in [0.25, 0.3) is 0 Å². The number of aryl methyl sites for hydroxylation is 1. The maximum absolute atomic E-state index is 11.4. The van der Waals surface area contributed by atoms with Gasteiger partial charge in [0.05, 0.1) is 12.3 Å². The Morgan fingerprint density at radius 1 is 1.38 bits per heavy atom. The molecule has 2 rings (SSSR count). The molecule has 1 aromatic heterocycles. The predicted molar refractivity (Wildman–Crippen MR) is 104 cm³/mol. The molecule has 2 atom stereocenters. The van der Waals surface area contributed by atoms with Gasteiger partial charge in [0.25, 0.3) is 5.56 Å². The molecule has 0 spiro atoms. The molecule has 0 amide bonds. The van der Waals surface area contributed by atoms with Crippen molar-refractivity contribution >= 4 is 5.95 Å². The van der Waals surface area contributed by atoms with Crippen molar-refractivity contribution in [2.45, 2.75) is 39.5 Å². The van der Waals surface area contributed by atoms with Gasteiger partial charge in [-0.2, -0.15) is 0 Å². The number of aromatic nitrogens is 2. The van der Waals surface area contributed by atoms with Crippen molar-refractivity contribution < 1.29 is 14.9 Å². The van der Waals surface area contributed by atoms with Crippen LogP contribution in [-0.4, -0.2) is 54.2 Å². The number of rotatable bonds is 6. The van der Waals surface area contributed by atoms with Crippen molar-refractivity contribution in [1.29, 1.82) is 0 Å². The van der Waals surface area contributed by atoms with Gasteiger partial charge in [0.2, 0.25) is 5.95 Å². The van der Waals surface area contributed by atoms with Crippen LogP contribution >= 0.6 is 0 Å². The van der Waals surface area contributed by atoms with E-state index >= 15 is 0 Å². The molecule has 7 nitrogen and oxygen atoms in total. The second-order valence-corrected chi connectivity index (χ2v) is 6.07. The highest BCUT2D eigenvalue weighted by molar-refractivity contribution is 5.37. The monoisotopic (exact) mass is 367 g/mol. The highest BCUT2D eigenvalue weighted by Crippen LogP contribution is 2.32. The first kappa shape index (κ1) is 24.1. The van der Waals surface area contributed by atoms with Crippen LogP contribution in [0.2, 0.25) is 0 Å². The third-order valence-electron chi connectivity index (χ3n) is 4.33. The van der Waals surface area contributed by atoms with E-state index < -0.39 is 0 Å². The van der Waals surface area contributed by atoms with Gasteiger partial charge >= 0.3 is 0 Å². The van der Waals surface area contributed by atoms with E-state index in [9.17, 15) is 4.79 Å². The highest BCUT2D eigenvalue weighted by Gasteiger charge is 2.21. The van der Waals surface area contributed by atoms with Crippen LogP contribution in [-0.2, 0) is 4.74 Å². The zero-order chi connectivity index (χ0) is 19.9. The standard InChI is InChI=1S/C10H13N3O2.C8H16O.CH4O/c1-4-8-7(2)12-10(13-9(8)14)11-5-6-15-3;1-2-7-3-4-8(5-7)6-9;1-2/h1H,5-6H2,2-3H3,(H2,11,12,13,14);7-9H,2-6H2,1H3;2H,1H3. The molecule has 26 heavy (non-hydrogen) atoms. The summed E-state index contributed by atoms with van der Waals surface area (Å²) in [7, 11) is 2.60. The first-order valence-electron chi connectivity index (χ1n) is 8.91. The number of aromatic amines is 1. The molecule has 148 valence electrons. The van der Waals surface area contributed by atoms with Crippen molar-refractivity contribution in [3.8, 4) is 12.3 Å². The number of anilines is 1. The van der Waals surface area contributed by atoms with E-state index in [0.29, 0.717) is 37.3 Å². The van der Waals surface area contributed by atoms with Crippen LogP contribution in [0.5, 0.6) is 0 Å². The van der Waals surface area contributed by atoms with Crippen molar-refractivity contribution in [3.05, 3.63) is 21.6 Å². The Labute approximate surface area is 156 Å². The molecule has 1 aliphatic rings. The van der Waals surface area contributed by atoms with E-state index in [1.54, 1.807) is 14.0 Å². The molecule has 1 heterocycles. The smallest absolute Gasteiger partial charge is 0.268 e. The molecule has 1 aliphatic carbocycles. The van der Waals surface area contributed by atoms with Gasteiger partial charge in [0.15, 0.2) is 0 Å². The number of hydrogen-bond acceptors (Lipinski definition) is 6. The lowest BCUT2D eigenvalue weighted by atomic mass is 10.0. The molecule has 4 N–H and O–H groups in total. The van der Waals surface area contributed by atoms with E-state index in [1.807, 2.05) is 0 Å². The van der Waals surface area contributed by atoms with E-state index in [1.165, 1.54) is 25.7 Å².